The van der Waals surface area contributed by atoms with Crippen molar-refractivity contribution in [3.8, 4) is 0 Å². The van der Waals surface area contributed by atoms with Crippen LogP contribution in [0.4, 0.5) is 0 Å². The first-order valence-electron chi connectivity index (χ1n) is 8.24. The van der Waals surface area contributed by atoms with Gasteiger partial charge in [0, 0.05) is 6.54 Å². The van der Waals surface area contributed by atoms with Crippen molar-refractivity contribution in [1.29, 1.82) is 0 Å². The van der Waals surface area contributed by atoms with Crippen molar-refractivity contribution in [2.45, 2.75) is 57.8 Å². The molecule has 0 amide bonds. The van der Waals surface area contributed by atoms with Gasteiger partial charge in [-0.15, -0.1) is 0 Å². The highest BCUT2D eigenvalue weighted by atomic mass is 15.1. The van der Waals surface area contributed by atoms with Crippen LogP contribution in [-0.4, -0.2) is 38.1 Å². The van der Waals surface area contributed by atoms with E-state index in [1.165, 1.54) is 84.0 Å². The van der Waals surface area contributed by atoms with E-state index < -0.39 is 0 Å². The first-order chi connectivity index (χ1) is 8.84. The van der Waals surface area contributed by atoms with Crippen molar-refractivity contribution in [1.82, 2.24) is 10.2 Å². The normalized spacial score (nSPS) is 28.8. The maximum atomic E-state index is 3.77. The van der Waals surface area contributed by atoms with E-state index in [4.69, 9.17) is 0 Å². The van der Waals surface area contributed by atoms with Crippen molar-refractivity contribution in [2.24, 2.45) is 11.8 Å². The van der Waals surface area contributed by atoms with Gasteiger partial charge in [-0.3, -0.25) is 0 Å². The minimum Gasteiger partial charge on any atom is -0.316 e. The van der Waals surface area contributed by atoms with Crippen LogP contribution >= 0.6 is 0 Å². The third kappa shape index (κ3) is 5.27. The molecule has 1 heterocycles. The van der Waals surface area contributed by atoms with E-state index in [9.17, 15) is 0 Å². The molecule has 2 aliphatic rings. The standard InChI is InChI=1S/C16H32N2/c1-18-11-7-10-16(14-18)13-17-12-15-8-5-3-2-4-6-9-15/h15-17H,2-14H2,1H3. The Balaban J connectivity index is 1.58. The summed E-state index contributed by atoms with van der Waals surface area (Å²) in [4.78, 5) is 2.49. The molecule has 1 N–H and O–H groups in total. The summed E-state index contributed by atoms with van der Waals surface area (Å²) in [5.74, 6) is 1.86. The average molecular weight is 252 g/mol. The lowest BCUT2D eigenvalue weighted by Gasteiger charge is -2.30. The Morgan fingerprint density at radius 3 is 2.17 bits per heavy atom. The van der Waals surface area contributed by atoms with Gasteiger partial charge in [-0.25, -0.2) is 0 Å². The summed E-state index contributed by atoms with van der Waals surface area (Å²) in [6.07, 6.45) is 13.1. The van der Waals surface area contributed by atoms with Gasteiger partial charge in [0.1, 0.15) is 0 Å². The molecule has 1 aliphatic heterocycles. The predicted octanol–water partition coefficient (Wildman–Crippen LogP) is 3.28. The van der Waals surface area contributed by atoms with Crippen LogP contribution in [0.5, 0.6) is 0 Å². The molecular weight excluding hydrogens is 220 g/mol. The van der Waals surface area contributed by atoms with E-state index in [0.29, 0.717) is 0 Å². The van der Waals surface area contributed by atoms with Gasteiger partial charge < -0.3 is 10.2 Å². The Morgan fingerprint density at radius 1 is 0.833 bits per heavy atom. The molecule has 18 heavy (non-hydrogen) atoms. The van der Waals surface area contributed by atoms with Crippen LogP contribution in [0.1, 0.15) is 57.8 Å². The summed E-state index contributed by atoms with van der Waals surface area (Å²) in [6.45, 7) is 5.14. The number of hydrogen-bond donors (Lipinski definition) is 1. The molecule has 1 saturated heterocycles. The van der Waals surface area contributed by atoms with Crippen LogP contribution < -0.4 is 5.32 Å². The second kappa shape index (κ2) is 8.16. The third-order valence-corrected chi connectivity index (χ3v) is 4.81. The topological polar surface area (TPSA) is 15.3 Å². The zero-order valence-corrected chi connectivity index (χ0v) is 12.3. The van der Waals surface area contributed by atoms with Crippen molar-refractivity contribution in [3.05, 3.63) is 0 Å². The van der Waals surface area contributed by atoms with Crippen molar-refractivity contribution < 1.29 is 0 Å². The van der Waals surface area contributed by atoms with Gasteiger partial charge in [-0.2, -0.15) is 0 Å². The Hall–Kier alpha value is -0.0800. The first-order valence-corrected chi connectivity index (χ1v) is 8.24. The van der Waals surface area contributed by atoms with Crippen LogP contribution in [0.3, 0.4) is 0 Å². The van der Waals surface area contributed by atoms with Crippen molar-refractivity contribution in [2.75, 3.05) is 33.2 Å². The molecule has 2 fully saturated rings. The molecule has 1 atom stereocenters. The lowest BCUT2D eigenvalue weighted by Crippen LogP contribution is -2.38. The fourth-order valence-corrected chi connectivity index (χ4v) is 3.68. The van der Waals surface area contributed by atoms with E-state index in [0.717, 1.165) is 11.8 Å². The minimum atomic E-state index is 0.900. The molecule has 2 heteroatoms. The van der Waals surface area contributed by atoms with Gasteiger partial charge >= 0.3 is 0 Å². The highest BCUT2D eigenvalue weighted by Crippen LogP contribution is 2.22. The van der Waals surface area contributed by atoms with E-state index >= 15 is 0 Å². The average Bonchev–Trinajstić information content (AvgIpc) is 2.32. The second-order valence-electron chi connectivity index (χ2n) is 6.64. The van der Waals surface area contributed by atoms with Gasteiger partial charge in [0.15, 0.2) is 0 Å². The number of nitrogens with one attached hydrogen (secondary N) is 1. The predicted molar refractivity (Wildman–Crippen MR) is 78.9 cm³/mol. The molecule has 0 aromatic heterocycles. The SMILES string of the molecule is CN1CCCC(CNCC2CCCCCCC2)C1. The molecule has 1 saturated carbocycles. The molecule has 0 spiro atoms. The Kier molecular flexibility index (Phi) is 6.50. The Bertz CT molecular complexity index is 209. The van der Waals surface area contributed by atoms with Crippen LogP contribution in [0.15, 0.2) is 0 Å². The quantitative estimate of drug-likeness (QED) is 0.826. The largest absolute Gasteiger partial charge is 0.316 e. The molecule has 0 radical (unpaired) electrons. The van der Waals surface area contributed by atoms with Gasteiger partial charge in [-0.1, -0.05) is 32.1 Å². The molecule has 106 valence electrons. The number of piperidine rings is 1. The monoisotopic (exact) mass is 252 g/mol. The number of likely N-dealkylation sites (tertiary alicyclic amines) is 1. The highest BCUT2D eigenvalue weighted by Gasteiger charge is 2.17. The Morgan fingerprint density at radius 2 is 1.44 bits per heavy atom. The summed E-state index contributed by atoms with van der Waals surface area (Å²) < 4.78 is 0. The maximum absolute atomic E-state index is 3.77. The van der Waals surface area contributed by atoms with Gasteiger partial charge in [-0.05, 0) is 64.2 Å². The second-order valence-corrected chi connectivity index (χ2v) is 6.64. The van der Waals surface area contributed by atoms with E-state index in [-0.39, 0.29) is 0 Å². The molecule has 2 nitrogen and oxygen atoms in total. The third-order valence-electron chi connectivity index (χ3n) is 4.81. The smallest absolute Gasteiger partial charge is 0.00187 e. The van der Waals surface area contributed by atoms with Crippen molar-refractivity contribution in [3.63, 3.8) is 0 Å². The van der Waals surface area contributed by atoms with Crippen LogP contribution in [0, 0.1) is 11.8 Å². The summed E-state index contributed by atoms with van der Waals surface area (Å²) in [5, 5.41) is 3.77. The molecule has 0 aromatic carbocycles. The molecular formula is C16H32N2. The van der Waals surface area contributed by atoms with Crippen LogP contribution in [0.2, 0.25) is 0 Å². The van der Waals surface area contributed by atoms with Gasteiger partial charge in [0.2, 0.25) is 0 Å². The summed E-state index contributed by atoms with van der Waals surface area (Å²) in [5.41, 5.74) is 0. The zero-order chi connectivity index (χ0) is 12.6. The Labute approximate surface area is 114 Å². The highest BCUT2D eigenvalue weighted by molar-refractivity contribution is 4.74. The zero-order valence-electron chi connectivity index (χ0n) is 12.3. The number of hydrogen-bond acceptors (Lipinski definition) is 2. The van der Waals surface area contributed by atoms with Crippen LogP contribution in [0.25, 0.3) is 0 Å². The minimum absolute atomic E-state index is 0.900. The summed E-state index contributed by atoms with van der Waals surface area (Å²) in [7, 11) is 2.26. The van der Waals surface area contributed by atoms with E-state index in [2.05, 4.69) is 17.3 Å². The lowest BCUT2D eigenvalue weighted by atomic mass is 9.91. The van der Waals surface area contributed by atoms with Crippen LogP contribution in [-0.2, 0) is 0 Å². The number of rotatable bonds is 4. The molecule has 0 bridgehead atoms. The lowest BCUT2D eigenvalue weighted by molar-refractivity contribution is 0.203. The maximum Gasteiger partial charge on any atom is 0.00187 e. The fraction of sp³-hybridized carbons (Fsp3) is 1.00. The molecule has 1 aliphatic carbocycles. The summed E-state index contributed by atoms with van der Waals surface area (Å²) in [6, 6.07) is 0. The van der Waals surface area contributed by atoms with E-state index in [1.807, 2.05) is 0 Å². The van der Waals surface area contributed by atoms with Gasteiger partial charge in [0.05, 0.1) is 0 Å². The fourth-order valence-electron chi connectivity index (χ4n) is 3.68. The van der Waals surface area contributed by atoms with Gasteiger partial charge in [0.25, 0.3) is 0 Å². The first kappa shape index (κ1) is 14.3. The summed E-state index contributed by atoms with van der Waals surface area (Å²) >= 11 is 0. The number of nitrogens with zero attached hydrogens (tertiary/aromatic N) is 1. The van der Waals surface area contributed by atoms with E-state index in [1.54, 1.807) is 0 Å². The molecule has 2 rings (SSSR count). The molecule has 1 unspecified atom stereocenters. The molecule has 0 aromatic rings. The van der Waals surface area contributed by atoms with Crippen molar-refractivity contribution >= 4 is 0 Å².